The van der Waals surface area contributed by atoms with Crippen molar-refractivity contribution >= 4 is 11.6 Å². The van der Waals surface area contributed by atoms with Crippen LogP contribution in [0.1, 0.15) is 19.4 Å². The van der Waals surface area contributed by atoms with E-state index in [0.717, 1.165) is 13.0 Å². The van der Waals surface area contributed by atoms with Gasteiger partial charge in [0.1, 0.15) is 6.04 Å². The monoisotopic (exact) mass is 232 g/mol. The van der Waals surface area contributed by atoms with E-state index in [1.54, 1.807) is 0 Å². The maximum atomic E-state index is 12.1. The average Bonchev–Trinajstić information content (AvgIpc) is 2.27. The lowest BCUT2D eigenvalue weighted by Crippen LogP contribution is -2.50. The molecule has 17 heavy (non-hydrogen) atoms. The summed E-state index contributed by atoms with van der Waals surface area (Å²) in [5.74, 6) is 0.433. The van der Waals surface area contributed by atoms with Crippen LogP contribution in [0.4, 0.5) is 5.69 Å². The summed E-state index contributed by atoms with van der Waals surface area (Å²) < 4.78 is 0. The summed E-state index contributed by atoms with van der Waals surface area (Å²) in [7, 11) is 2.01. The highest BCUT2D eigenvalue weighted by Gasteiger charge is 2.29. The SMILES string of the molecule is CC(C)[C@H]1C(=O)NCCc2ccccc2N1C. The predicted octanol–water partition coefficient (Wildman–Crippen LogP) is 1.82. The second-order valence-electron chi connectivity index (χ2n) is 4.97. The number of fused-ring (bicyclic) bond motifs is 1. The Hall–Kier alpha value is -1.51. The maximum absolute atomic E-state index is 12.1. The molecule has 0 bridgehead atoms. The Bertz CT molecular complexity index is 414. The molecule has 0 saturated heterocycles. The molecule has 3 heteroatoms. The molecule has 1 aromatic rings. The van der Waals surface area contributed by atoms with Gasteiger partial charge >= 0.3 is 0 Å². The second kappa shape index (κ2) is 4.78. The molecule has 0 spiro atoms. The van der Waals surface area contributed by atoms with Crippen LogP contribution in [-0.2, 0) is 11.2 Å². The van der Waals surface area contributed by atoms with Gasteiger partial charge in [-0.1, -0.05) is 32.0 Å². The molecule has 0 aliphatic carbocycles. The molecular weight excluding hydrogens is 212 g/mol. The van der Waals surface area contributed by atoms with Crippen molar-refractivity contribution in [2.45, 2.75) is 26.3 Å². The molecule has 0 unspecified atom stereocenters. The Balaban J connectivity index is 2.42. The Morgan fingerprint density at radius 1 is 1.35 bits per heavy atom. The first-order valence-electron chi connectivity index (χ1n) is 6.19. The third-order valence-corrected chi connectivity index (χ3v) is 3.38. The highest BCUT2D eigenvalue weighted by Crippen LogP contribution is 2.25. The Morgan fingerprint density at radius 3 is 2.76 bits per heavy atom. The van der Waals surface area contributed by atoms with Crippen LogP contribution in [0.3, 0.4) is 0 Å². The van der Waals surface area contributed by atoms with Crippen molar-refractivity contribution in [1.82, 2.24) is 5.32 Å². The summed E-state index contributed by atoms with van der Waals surface area (Å²) in [6.07, 6.45) is 0.900. The molecule has 0 radical (unpaired) electrons. The van der Waals surface area contributed by atoms with Crippen LogP contribution >= 0.6 is 0 Å². The number of rotatable bonds is 1. The van der Waals surface area contributed by atoms with Crippen molar-refractivity contribution in [3.05, 3.63) is 29.8 Å². The van der Waals surface area contributed by atoms with Crippen molar-refractivity contribution < 1.29 is 4.79 Å². The Kier molecular flexibility index (Phi) is 3.36. The molecule has 1 amide bonds. The zero-order chi connectivity index (χ0) is 12.4. The van der Waals surface area contributed by atoms with Gasteiger partial charge in [-0.2, -0.15) is 0 Å². The summed E-state index contributed by atoms with van der Waals surface area (Å²) >= 11 is 0. The topological polar surface area (TPSA) is 32.3 Å². The number of carbonyl (C=O) groups excluding carboxylic acids is 1. The third kappa shape index (κ3) is 2.28. The minimum atomic E-state index is -0.0866. The van der Waals surface area contributed by atoms with E-state index < -0.39 is 0 Å². The van der Waals surface area contributed by atoms with E-state index in [1.165, 1.54) is 11.3 Å². The minimum absolute atomic E-state index is 0.0866. The van der Waals surface area contributed by atoms with Crippen LogP contribution in [0.5, 0.6) is 0 Å². The standard InChI is InChI=1S/C14H20N2O/c1-10(2)13-14(17)15-9-8-11-6-4-5-7-12(11)16(13)3/h4-7,10,13H,8-9H2,1-3H3,(H,15,17)/t13-/m0/s1. The van der Waals surface area contributed by atoms with Gasteiger partial charge in [0.2, 0.25) is 5.91 Å². The van der Waals surface area contributed by atoms with E-state index in [9.17, 15) is 4.79 Å². The predicted molar refractivity (Wildman–Crippen MR) is 70.2 cm³/mol. The van der Waals surface area contributed by atoms with Crippen molar-refractivity contribution in [2.75, 3.05) is 18.5 Å². The van der Waals surface area contributed by atoms with Gasteiger partial charge in [0, 0.05) is 19.3 Å². The van der Waals surface area contributed by atoms with Gasteiger partial charge in [-0.25, -0.2) is 0 Å². The van der Waals surface area contributed by atoms with Crippen LogP contribution < -0.4 is 10.2 Å². The largest absolute Gasteiger partial charge is 0.362 e. The molecule has 1 aromatic carbocycles. The molecule has 1 N–H and O–H groups in total. The second-order valence-corrected chi connectivity index (χ2v) is 4.97. The normalized spacial score (nSPS) is 20.6. The summed E-state index contributed by atoms with van der Waals surface area (Å²) in [4.78, 5) is 14.2. The number of likely N-dealkylation sites (N-methyl/N-ethyl adjacent to an activating group) is 1. The van der Waals surface area contributed by atoms with Crippen LogP contribution in [-0.4, -0.2) is 25.5 Å². The van der Waals surface area contributed by atoms with Gasteiger partial charge in [0.25, 0.3) is 0 Å². The Labute approximate surface area is 103 Å². The van der Waals surface area contributed by atoms with Crippen LogP contribution in [0.25, 0.3) is 0 Å². The van der Waals surface area contributed by atoms with Crippen molar-refractivity contribution in [2.24, 2.45) is 5.92 Å². The minimum Gasteiger partial charge on any atom is -0.362 e. The van der Waals surface area contributed by atoms with E-state index >= 15 is 0 Å². The van der Waals surface area contributed by atoms with Crippen LogP contribution in [0.2, 0.25) is 0 Å². The first-order chi connectivity index (χ1) is 8.11. The number of nitrogens with one attached hydrogen (secondary N) is 1. The van der Waals surface area contributed by atoms with Crippen LogP contribution in [0.15, 0.2) is 24.3 Å². The van der Waals surface area contributed by atoms with Gasteiger partial charge in [0.15, 0.2) is 0 Å². The molecule has 1 atom stereocenters. The van der Waals surface area contributed by atoms with Crippen molar-refractivity contribution in [1.29, 1.82) is 0 Å². The molecule has 2 rings (SSSR count). The summed E-state index contributed by atoms with van der Waals surface area (Å²) in [6, 6.07) is 8.24. The Morgan fingerprint density at radius 2 is 2.06 bits per heavy atom. The highest BCUT2D eigenvalue weighted by atomic mass is 16.2. The fourth-order valence-electron chi connectivity index (χ4n) is 2.57. The zero-order valence-corrected chi connectivity index (χ0v) is 10.7. The molecule has 1 heterocycles. The number of nitrogens with zero attached hydrogens (tertiary/aromatic N) is 1. The van der Waals surface area contributed by atoms with E-state index in [0.29, 0.717) is 5.92 Å². The number of benzene rings is 1. The lowest BCUT2D eigenvalue weighted by atomic mass is 9.98. The number of carbonyl (C=O) groups is 1. The van der Waals surface area contributed by atoms with Gasteiger partial charge in [-0.3, -0.25) is 4.79 Å². The number of amides is 1. The van der Waals surface area contributed by atoms with Crippen LogP contribution in [0, 0.1) is 5.92 Å². The fourth-order valence-corrected chi connectivity index (χ4v) is 2.57. The summed E-state index contributed by atoms with van der Waals surface area (Å²) in [6.45, 7) is 4.91. The molecule has 1 aliphatic heterocycles. The molecule has 0 aromatic heterocycles. The van der Waals surface area contributed by atoms with Gasteiger partial charge in [-0.05, 0) is 24.0 Å². The van der Waals surface area contributed by atoms with E-state index in [4.69, 9.17) is 0 Å². The fraction of sp³-hybridized carbons (Fsp3) is 0.500. The lowest BCUT2D eigenvalue weighted by molar-refractivity contribution is -0.123. The molecular formula is C14H20N2O. The first kappa shape index (κ1) is 12.0. The highest BCUT2D eigenvalue weighted by molar-refractivity contribution is 5.86. The van der Waals surface area contributed by atoms with E-state index in [2.05, 4.69) is 42.3 Å². The molecule has 1 aliphatic rings. The summed E-state index contributed by atoms with van der Waals surface area (Å²) in [5.41, 5.74) is 2.49. The average molecular weight is 232 g/mol. The van der Waals surface area contributed by atoms with E-state index in [-0.39, 0.29) is 11.9 Å². The molecule has 3 nitrogen and oxygen atoms in total. The number of hydrogen-bond donors (Lipinski definition) is 1. The molecule has 92 valence electrons. The quantitative estimate of drug-likeness (QED) is 0.801. The zero-order valence-electron chi connectivity index (χ0n) is 10.7. The number of hydrogen-bond acceptors (Lipinski definition) is 2. The third-order valence-electron chi connectivity index (χ3n) is 3.38. The van der Waals surface area contributed by atoms with Crippen molar-refractivity contribution in [3.8, 4) is 0 Å². The number of para-hydroxylation sites is 1. The van der Waals surface area contributed by atoms with Crippen molar-refractivity contribution in [3.63, 3.8) is 0 Å². The maximum Gasteiger partial charge on any atom is 0.242 e. The summed E-state index contributed by atoms with van der Waals surface area (Å²) in [5, 5.41) is 3.01. The van der Waals surface area contributed by atoms with E-state index in [1.807, 2.05) is 13.1 Å². The smallest absolute Gasteiger partial charge is 0.242 e. The lowest BCUT2D eigenvalue weighted by Gasteiger charge is -2.35. The molecule has 0 saturated carbocycles. The first-order valence-corrected chi connectivity index (χ1v) is 6.19. The van der Waals surface area contributed by atoms with Gasteiger partial charge in [0.05, 0.1) is 0 Å². The van der Waals surface area contributed by atoms with Gasteiger partial charge < -0.3 is 10.2 Å². The van der Waals surface area contributed by atoms with Gasteiger partial charge in [-0.15, -0.1) is 0 Å². The molecule has 0 fully saturated rings. The number of anilines is 1.